The zero-order valence-electron chi connectivity index (χ0n) is 7.54. The van der Waals surface area contributed by atoms with Crippen molar-refractivity contribution >= 4 is 17.2 Å². The van der Waals surface area contributed by atoms with Crippen LogP contribution in [-0.4, -0.2) is 31.6 Å². The summed E-state index contributed by atoms with van der Waals surface area (Å²) < 4.78 is 0. The van der Waals surface area contributed by atoms with E-state index in [0.29, 0.717) is 0 Å². The van der Waals surface area contributed by atoms with Gasteiger partial charge < -0.3 is 10.6 Å². The van der Waals surface area contributed by atoms with Gasteiger partial charge in [-0.2, -0.15) is 0 Å². The van der Waals surface area contributed by atoms with Gasteiger partial charge in [-0.25, -0.2) is 0 Å². The Morgan fingerprint density at radius 3 is 1.73 bits per heavy atom. The van der Waals surface area contributed by atoms with Crippen molar-refractivity contribution in [2.45, 2.75) is 13.8 Å². The molecule has 0 fully saturated rings. The quantitative estimate of drug-likeness (QED) is 0.451. The molecule has 0 saturated carbocycles. The van der Waals surface area contributed by atoms with Gasteiger partial charge in [-0.1, -0.05) is 13.8 Å². The molecular weight excluding hydrogens is 174 g/mol. The van der Waals surface area contributed by atoms with Crippen LogP contribution in [0.15, 0.2) is 0 Å². The van der Waals surface area contributed by atoms with Crippen molar-refractivity contribution in [1.29, 1.82) is 0 Å². The predicted molar refractivity (Wildman–Crippen MR) is 58.6 cm³/mol. The third kappa shape index (κ3) is 10.8. The van der Waals surface area contributed by atoms with Crippen molar-refractivity contribution in [2.75, 3.05) is 31.6 Å². The Morgan fingerprint density at radius 1 is 0.909 bits per heavy atom. The smallest absolute Gasteiger partial charge is 0.0130 e. The Balaban J connectivity index is 2.69. The molecule has 0 amide bonds. The summed E-state index contributed by atoms with van der Waals surface area (Å²) in [6, 6.07) is 0. The van der Waals surface area contributed by atoms with E-state index < -0.39 is 0 Å². The van der Waals surface area contributed by atoms with Crippen LogP contribution in [0.3, 0.4) is 0 Å². The SMILES string of the molecule is CCNCPCPCNCC. The highest BCUT2D eigenvalue weighted by Gasteiger charge is 1.86. The van der Waals surface area contributed by atoms with Crippen molar-refractivity contribution in [1.82, 2.24) is 10.6 Å². The van der Waals surface area contributed by atoms with Crippen LogP contribution >= 0.6 is 17.2 Å². The summed E-state index contributed by atoms with van der Waals surface area (Å²) in [5.74, 6) is 1.40. The predicted octanol–water partition coefficient (Wildman–Crippen LogP) is 1.43. The second-order valence-corrected chi connectivity index (χ2v) is 5.36. The van der Waals surface area contributed by atoms with E-state index in [-0.39, 0.29) is 0 Å². The lowest BCUT2D eigenvalue weighted by atomic mass is 10.8. The molecule has 0 spiro atoms. The van der Waals surface area contributed by atoms with Crippen LogP contribution in [0.5, 0.6) is 0 Å². The highest BCUT2D eigenvalue weighted by molar-refractivity contribution is 7.56. The molecule has 2 N–H and O–H groups in total. The average molecular weight is 194 g/mol. The van der Waals surface area contributed by atoms with Crippen LogP contribution in [0, 0.1) is 0 Å². The molecule has 0 aromatic heterocycles. The van der Waals surface area contributed by atoms with E-state index in [1.54, 1.807) is 0 Å². The summed E-state index contributed by atoms with van der Waals surface area (Å²) in [4.78, 5) is 0. The summed E-state index contributed by atoms with van der Waals surface area (Å²) in [5, 5.41) is 6.67. The minimum Gasteiger partial charge on any atom is -0.313 e. The zero-order valence-corrected chi connectivity index (χ0v) is 9.54. The lowest BCUT2D eigenvalue weighted by Gasteiger charge is -2.02. The first-order valence-electron chi connectivity index (χ1n) is 4.24. The topological polar surface area (TPSA) is 24.1 Å². The minimum absolute atomic E-state index is 1.11. The number of hydrogen-bond donors (Lipinski definition) is 2. The third-order valence-corrected chi connectivity index (χ3v) is 4.25. The average Bonchev–Trinajstić information content (AvgIpc) is 2.03. The maximum Gasteiger partial charge on any atom is 0.0130 e. The lowest BCUT2D eigenvalue weighted by Crippen LogP contribution is -2.11. The van der Waals surface area contributed by atoms with Crippen LogP contribution in [0.1, 0.15) is 13.8 Å². The van der Waals surface area contributed by atoms with E-state index in [0.717, 1.165) is 30.3 Å². The van der Waals surface area contributed by atoms with Gasteiger partial charge in [0, 0.05) is 12.6 Å². The van der Waals surface area contributed by atoms with Gasteiger partial charge in [-0.05, 0) is 19.0 Å². The summed E-state index contributed by atoms with van der Waals surface area (Å²) in [5.41, 5.74) is 0. The molecule has 4 heteroatoms. The van der Waals surface area contributed by atoms with E-state index in [1.165, 1.54) is 18.5 Å². The molecule has 0 aromatic rings. The van der Waals surface area contributed by atoms with E-state index in [1.807, 2.05) is 0 Å². The van der Waals surface area contributed by atoms with Gasteiger partial charge >= 0.3 is 0 Å². The Hall–Kier alpha value is 0.780. The van der Waals surface area contributed by atoms with Crippen molar-refractivity contribution < 1.29 is 0 Å². The standard InChI is InChI=1S/C7H20N2P2/c1-3-8-5-10-7-11-6-9-4-2/h8-11H,3-7H2,1-2H3. The first-order valence-corrected chi connectivity index (χ1v) is 7.07. The lowest BCUT2D eigenvalue weighted by molar-refractivity contribution is 0.835. The van der Waals surface area contributed by atoms with E-state index in [4.69, 9.17) is 0 Å². The fraction of sp³-hybridized carbons (Fsp3) is 1.00. The Kier molecular flexibility index (Phi) is 11.5. The van der Waals surface area contributed by atoms with Gasteiger partial charge in [0.15, 0.2) is 0 Å². The molecule has 2 atom stereocenters. The maximum atomic E-state index is 3.34. The van der Waals surface area contributed by atoms with Crippen molar-refractivity contribution in [3.63, 3.8) is 0 Å². The second-order valence-electron chi connectivity index (χ2n) is 2.24. The third-order valence-electron chi connectivity index (χ3n) is 1.25. The highest BCUT2D eigenvalue weighted by atomic mass is 31.1. The van der Waals surface area contributed by atoms with Gasteiger partial charge in [-0.15, -0.1) is 17.2 Å². The molecular formula is C7H20N2P2. The van der Waals surface area contributed by atoms with Crippen LogP contribution in [-0.2, 0) is 0 Å². The van der Waals surface area contributed by atoms with E-state index in [9.17, 15) is 0 Å². The number of rotatable bonds is 8. The van der Waals surface area contributed by atoms with E-state index >= 15 is 0 Å². The van der Waals surface area contributed by atoms with Crippen molar-refractivity contribution in [3.8, 4) is 0 Å². The molecule has 0 aromatic carbocycles. The summed E-state index contributed by atoms with van der Waals surface area (Å²) in [7, 11) is 2.22. The summed E-state index contributed by atoms with van der Waals surface area (Å²) in [6.07, 6.45) is 2.44. The minimum atomic E-state index is 1.11. The molecule has 2 nitrogen and oxygen atoms in total. The molecule has 11 heavy (non-hydrogen) atoms. The highest BCUT2D eigenvalue weighted by Crippen LogP contribution is 2.20. The Bertz CT molecular complexity index is 63.5. The summed E-state index contributed by atoms with van der Waals surface area (Å²) in [6.45, 7) is 6.55. The van der Waals surface area contributed by atoms with Gasteiger partial charge in [0.1, 0.15) is 0 Å². The van der Waals surface area contributed by atoms with Gasteiger partial charge in [0.2, 0.25) is 0 Å². The molecule has 2 unspecified atom stereocenters. The first-order chi connectivity index (χ1) is 5.41. The Morgan fingerprint density at radius 2 is 1.36 bits per heavy atom. The molecule has 0 saturated heterocycles. The Labute approximate surface area is 73.9 Å². The molecule has 0 rings (SSSR count). The molecule has 0 heterocycles. The van der Waals surface area contributed by atoms with Crippen LogP contribution < -0.4 is 10.6 Å². The van der Waals surface area contributed by atoms with Crippen LogP contribution in [0.2, 0.25) is 0 Å². The fourth-order valence-corrected chi connectivity index (χ4v) is 3.20. The first kappa shape index (κ1) is 11.8. The number of nitrogens with one attached hydrogen (secondary N) is 2. The number of hydrogen-bond acceptors (Lipinski definition) is 2. The molecule has 0 aliphatic rings. The van der Waals surface area contributed by atoms with Crippen LogP contribution in [0.4, 0.5) is 0 Å². The maximum absolute atomic E-state index is 3.34. The second kappa shape index (κ2) is 10.8. The molecule has 0 bridgehead atoms. The molecule has 0 radical (unpaired) electrons. The summed E-state index contributed by atoms with van der Waals surface area (Å²) >= 11 is 0. The van der Waals surface area contributed by atoms with E-state index in [2.05, 4.69) is 24.5 Å². The largest absolute Gasteiger partial charge is 0.313 e. The fourth-order valence-electron chi connectivity index (χ4n) is 0.640. The monoisotopic (exact) mass is 194 g/mol. The van der Waals surface area contributed by atoms with Crippen molar-refractivity contribution in [2.24, 2.45) is 0 Å². The van der Waals surface area contributed by atoms with Gasteiger partial charge in [-0.3, -0.25) is 0 Å². The van der Waals surface area contributed by atoms with Gasteiger partial charge in [0.25, 0.3) is 0 Å². The van der Waals surface area contributed by atoms with Crippen LogP contribution in [0.25, 0.3) is 0 Å². The molecule has 68 valence electrons. The normalized spacial score (nSPS) is 12.5. The zero-order chi connectivity index (χ0) is 8.36. The molecule has 0 aliphatic carbocycles. The molecule has 0 aliphatic heterocycles. The van der Waals surface area contributed by atoms with Crippen molar-refractivity contribution in [3.05, 3.63) is 0 Å². The van der Waals surface area contributed by atoms with Gasteiger partial charge in [0.05, 0.1) is 0 Å².